The van der Waals surface area contributed by atoms with E-state index in [1.165, 1.54) is 0 Å². The Kier molecular flexibility index (Phi) is 7.91. The molecule has 0 aromatic carbocycles. The smallest absolute Gasteiger partial charge is 0.433 e. The third kappa shape index (κ3) is 6.45. The first-order valence-corrected chi connectivity index (χ1v) is 5.77. The minimum Gasteiger partial charge on any atom is -0.433 e. The Balaban J connectivity index is 3.79. The van der Waals surface area contributed by atoms with Crippen LogP contribution < -0.4 is 0 Å². The van der Waals surface area contributed by atoms with Gasteiger partial charge in [0.05, 0.1) is 52.3 Å². The molecule has 70 valence electrons. The molecule has 0 rings (SSSR count). The van der Waals surface area contributed by atoms with Gasteiger partial charge in [0.25, 0.3) is 0 Å². The Morgan fingerprint density at radius 3 is 2.58 bits per heavy atom. The van der Waals surface area contributed by atoms with Gasteiger partial charge in [-0.2, -0.15) is 0 Å². The molecule has 0 bridgehead atoms. The lowest BCUT2D eigenvalue weighted by Crippen LogP contribution is -2.07. The summed E-state index contributed by atoms with van der Waals surface area (Å²) in [6, 6.07) is 0. The second-order valence-corrected chi connectivity index (χ2v) is 6.11. The fourth-order valence-electron chi connectivity index (χ4n) is 0.250. The molecule has 0 radical (unpaired) electrons. The first-order valence-electron chi connectivity index (χ1n) is 2.76. The van der Waals surface area contributed by atoms with Crippen molar-refractivity contribution in [3.8, 4) is 0 Å². The van der Waals surface area contributed by atoms with Gasteiger partial charge in [0, 0.05) is 22.6 Å². The summed E-state index contributed by atoms with van der Waals surface area (Å²) in [6.45, 7) is 1.97. The molecule has 0 saturated heterocycles. The van der Waals surface area contributed by atoms with E-state index in [1.807, 2.05) is 68.3 Å². The molecule has 0 aromatic heterocycles. The number of ether oxygens (including phenoxy) is 1. The number of oxime groups is 1. The van der Waals surface area contributed by atoms with Crippen LogP contribution in [-0.2, 0) is 9.57 Å². The summed E-state index contributed by atoms with van der Waals surface area (Å²) >= 11 is 5.89. The minimum atomic E-state index is -0.790. The zero-order valence-electron chi connectivity index (χ0n) is 5.96. The predicted octanol–water partition coefficient (Wildman–Crippen LogP) is 2.87. The van der Waals surface area contributed by atoms with Crippen LogP contribution in [0.5, 0.6) is 0 Å². The van der Waals surface area contributed by atoms with Crippen molar-refractivity contribution in [2.24, 2.45) is 5.16 Å². The Bertz CT molecular complexity index is 184. The van der Waals surface area contributed by atoms with Gasteiger partial charge in [-0.1, -0.05) is 0 Å². The molecule has 0 aliphatic carbocycles. The third-order valence-corrected chi connectivity index (χ3v) is 4.04. The van der Waals surface area contributed by atoms with Crippen LogP contribution in [0.4, 0.5) is 4.79 Å². The van der Waals surface area contributed by atoms with Gasteiger partial charge < -0.3 is 4.74 Å². The monoisotopic (exact) mass is 510 g/mol. The molecule has 0 saturated carbocycles. The van der Waals surface area contributed by atoms with E-state index >= 15 is 0 Å². The topological polar surface area (TPSA) is 51.1 Å². The Labute approximate surface area is 111 Å². The molecule has 8 heteroatoms. The van der Waals surface area contributed by atoms with Gasteiger partial charge in [-0.3, -0.25) is 4.84 Å². The highest BCUT2D eigenvalue weighted by molar-refractivity contribution is 14.2. The van der Waals surface area contributed by atoms with Gasteiger partial charge in [-0.25, -0.2) is 6.12 Å². The number of hydrogen-bond acceptors (Lipinski definition) is 4. The quantitative estimate of drug-likeness (QED) is 0.0840. The molecule has 0 aliphatic rings. The molecule has 0 fully saturated rings. The maximum Gasteiger partial charge on any atom is 0.535 e. The lowest BCUT2D eigenvalue weighted by molar-refractivity contribution is 0.0614. The highest BCUT2D eigenvalue weighted by Gasteiger charge is 2.04. The van der Waals surface area contributed by atoms with E-state index in [9.17, 15) is 4.79 Å². The molecular formula is C4H5I3N2O3. The second-order valence-electron chi connectivity index (χ2n) is 1.37. The summed E-state index contributed by atoms with van der Waals surface area (Å²) in [7, 11) is 0. The lowest BCUT2D eigenvalue weighted by atomic mass is 10.9. The van der Waals surface area contributed by atoms with Crippen LogP contribution in [-0.4, -0.2) is 17.9 Å². The molecule has 0 spiro atoms. The Hall–Kier alpha value is 0.930. The van der Waals surface area contributed by atoms with Crippen molar-refractivity contribution in [1.29, 1.82) is 0 Å². The molecular weight excluding hydrogens is 505 g/mol. The van der Waals surface area contributed by atoms with Crippen molar-refractivity contribution in [2.75, 3.05) is 6.61 Å². The van der Waals surface area contributed by atoms with Crippen LogP contribution in [0, 0.1) is 0 Å². The first-order chi connectivity index (χ1) is 5.57. The highest BCUT2D eigenvalue weighted by atomic mass is 127. The fraction of sp³-hybridized carbons (Fsp3) is 0.500. The Morgan fingerprint density at radius 2 is 2.17 bits per heavy atom. The lowest BCUT2D eigenvalue weighted by Gasteiger charge is -2.02. The summed E-state index contributed by atoms with van der Waals surface area (Å²) in [5, 5.41) is 3.48. The molecule has 0 N–H and O–H groups in total. The van der Waals surface area contributed by atoms with E-state index in [0.29, 0.717) is 3.84 Å². The zero-order valence-corrected chi connectivity index (χ0v) is 12.4. The molecule has 0 aliphatic heterocycles. The molecule has 0 heterocycles. The van der Waals surface area contributed by atoms with Crippen molar-refractivity contribution in [1.82, 2.24) is 1.33 Å². The highest BCUT2D eigenvalue weighted by Crippen LogP contribution is 2.13. The van der Waals surface area contributed by atoms with Gasteiger partial charge in [-0.15, -0.1) is 0 Å². The van der Waals surface area contributed by atoms with E-state index in [4.69, 9.17) is 0 Å². The Morgan fingerprint density at radius 1 is 1.58 bits per heavy atom. The first kappa shape index (κ1) is 12.9. The van der Waals surface area contributed by atoms with Crippen LogP contribution in [0.3, 0.4) is 0 Å². The van der Waals surface area contributed by atoms with Crippen LogP contribution in [0.2, 0.25) is 0 Å². The number of rotatable bonds is 2. The number of nitrogens with zero attached hydrogens (tertiary/aromatic N) is 2. The third-order valence-electron chi connectivity index (χ3n) is 0.597. The predicted molar refractivity (Wildman–Crippen MR) is 69.4 cm³/mol. The minimum absolute atomic E-state index is 0.281. The van der Waals surface area contributed by atoms with E-state index in [2.05, 4.69) is 14.7 Å². The number of carbonyl (C=O) groups is 1. The average molecular weight is 510 g/mol. The molecule has 0 atom stereocenters. The van der Waals surface area contributed by atoms with Crippen molar-refractivity contribution in [3.05, 3.63) is 0 Å². The van der Waals surface area contributed by atoms with Gasteiger partial charge in [0.2, 0.25) is 3.84 Å². The second kappa shape index (κ2) is 7.34. The summed E-state index contributed by atoms with van der Waals surface area (Å²) in [5.41, 5.74) is 0. The van der Waals surface area contributed by atoms with Crippen LogP contribution >= 0.6 is 68.3 Å². The van der Waals surface area contributed by atoms with Gasteiger partial charge in [0.1, 0.15) is 0 Å². The summed E-state index contributed by atoms with van der Waals surface area (Å²) in [6.07, 6.45) is -0.790. The molecule has 0 amide bonds. The maximum atomic E-state index is 10.6. The van der Waals surface area contributed by atoms with Gasteiger partial charge in [-0.05, 0) is 12.1 Å². The number of carbonyl (C=O) groups excluding carboxylic acids is 1. The van der Waals surface area contributed by atoms with Crippen molar-refractivity contribution in [2.45, 2.75) is 6.92 Å². The summed E-state index contributed by atoms with van der Waals surface area (Å²) in [5.74, 6) is 0. The van der Waals surface area contributed by atoms with E-state index in [0.717, 1.165) is 0 Å². The van der Waals surface area contributed by atoms with Crippen molar-refractivity contribution < 1.29 is 14.4 Å². The summed E-state index contributed by atoms with van der Waals surface area (Å²) < 4.78 is 6.67. The van der Waals surface area contributed by atoms with Crippen LogP contribution in [0.25, 0.3) is 0 Å². The fourth-order valence-corrected chi connectivity index (χ4v) is 0.525. The number of amidine groups is 1. The van der Waals surface area contributed by atoms with Crippen LogP contribution in [0.1, 0.15) is 6.92 Å². The molecule has 12 heavy (non-hydrogen) atoms. The van der Waals surface area contributed by atoms with Crippen LogP contribution in [0.15, 0.2) is 5.16 Å². The van der Waals surface area contributed by atoms with Gasteiger partial charge in [0.15, 0.2) is 0 Å². The zero-order chi connectivity index (χ0) is 9.56. The SMILES string of the molecule is CCOC(=O)O/N=C(/I)N(I)I. The van der Waals surface area contributed by atoms with E-state index < -0.39 is 6.16 Å². The molecule has 5 nitrogen and oxygen atoms in total. The molecule has 0 aromatic rings. The van der Waals surface area contributed by atoms with Gasteiger partial charge >= 0.3 is 6.16 Å². The molecule has 0 unspecified atom stereocenters. The maximum absolute atomic E-state index is 10.6. The average Bonchev–Trinajstić information content (AvgIpc) is 2.00. The van der Waals surface area contributed by atoms with Crippen molar-refractivity contribution >= 4 is 78.3 Å². The van der Waals surface area contributed by atoms with E-state index in [-0.39, 0.29) is 6.61 Å². The standard InChI is InChI=1S/C4H5I3N2O3/c1-2-11-4(10)12-8-3(5)9(6)7/h2H2,1H3/b8-3-. The normalized spacial score (nSPS) is 10.8. The van der Waals surface area contributed by atoms with E-state index in [1.54, 1.807) is 8.25 Å². The number of halogens is 3. The number of hydrogen-bond donors (Lipinski definition) is 0. The summed E-state index contributed by atoms with van der Waals surface area (Å²) in [4.78, 5) is 15.0. The van der Waals surface area contributed by atoms with Crippen molar-refractivity contribution in [3.63, 3.8) is 0 Å². The largest absolute Gasteiger partial charge is 0.535 e.